The van der Waals surface area contributed by atoms with E-state index in [4.69, 9.17) is 9.47 Å². The van der Waals surface area contributed by atoms with E-state index in [0.717, 1.165) is 35.4 Å². The van der Waals surface area contributed by atoms with Crippen molar-refractivity contribution in [2.45, 2.75) is 90.9 Å². The van der Waals surface area contributed by atoms with Crippen molar-refractivity contribution >= 4 is 0 Å². The van der Waals surface area contributed by atoms with E-state index >= 15 is 0 Å². The van der Waals surface area contributed by atoms with Gasteiger partial charge in [0.1, 0.15) is 0 Å². The molecule has 204 valence electrons. The Morgan fingerprint density at radius 2 is 0.939 bits per heavy atom. The fourth-order valence-electron chi connectivity index (χ4n) is 4.89. The van der Waals surface area contributed by atoms with Gasteiger partial charge in [-0.3, -0.25) is 0 Å². The maximum Gasteiger partial charge on any atom is 0.0915 e. The van der Waals surface area contributed by atoms with E-state index < -0.39 is 0 Å². The van der Waals surface area contributed by atoms with Crippen LogP contribution in [0.5, 0.6) is 0 Å². The molecular formula is C27H60I2N2O2. The van der Waals surface area contributed by atoms with Crippen LogP contribution >= 0.6 is 0 Å². The molecule has 0 aromatic carbocycles. The maximum absolute atomic E-state index is 6.38. The molecule has 0 fully saturated rings. The van der Waals surface area contributed by atoms with Crippen LogP contribution < -0.4 is 48.0 Å². The van der Waals surface area contributed by atoms with E-state index in [1.165, 1.54) is 90.1 Å². The summed E-state index contributed by atoms with van der Waals surface area (Å²) in [6, 6.07) is 0. The number of hydrogen-bond donors (Lipinski definition) is 0. The van der Waals surface area contributed by atoms with Gasteiger partial charge in [0, 0.05) is 19.8 Å². The van der Waals surface area contributed by atoms with E-state index in [-0.39, 0.29) is 53.4 Å². The Morgan fingerprint density at radius 3 is 1.45 bits per heavy atom. The van der Waals surface area contributed by atoms with E-state index in [1.807, 2.05) is 0 Å². The average Bonchev–Trinajstić information content (AvgIpc) is 2.63. The molecule has 0 saturated carbocycles. The number of halogens is 2. The highest BCUT2D eigenvalue weighted by molar-refractivity contribution is 4.79. The maximum atomic E-state index is 6.38. The molecule has 0 rings (SSSR count). The minimum atomic E-state index is 0. The zero-order chi connectivity index (χ0) is 23.6. The van der Waals surface area contributed by atoms with Gasteiger partial charge in [0.25, 0.3) is 0 Å². The monoisotopic (exact) mass is 698 g/mol. The van der Waals surface area contributed by atoms with Gasteiger partial charge in [-0.05, 0) is 25.7 Å². The number of nitrogens with zero attached hydrogens (tertiary/aromatic N) is 2. The smallest absolute Gasteiger partial charge is 0.0915 e. The zero-order valence-electron chi connectivity index (χ0n) is 23.7. The Balaban J connectivity index is -0.00000450. The molecule has 0 atom stereocenters. The van der Waals surface area contributed by atoms with Gasteiger partial charge >= 0.3 is 0 Å². The number of ether oxygens (including phenoxy) is 2. The lowest BCUT2D eigenvalue weighted by atomic mass is 9.81. The first-order valence-electron chi connectivity index (χ1n) is 13.3. The predicted octanol–water partition coefficient (Wildman–Crippen LogP) is 0.147. The van der Waals surface area contributed by atoms with Crippen LogP contribution in [0, 0.1) is 5.41 Å². The summed E-state index contributed by atoms with van der Waals surface area (Å²) >= 11 is 0. The molecule has 0 aliphatic heterocycles. The average molecular weight is 699 g/mol. The number of quaternary nitrogens is 2. The van der Waals surface area contributed by atoms with E-state index in [0.29, 0.717) is 0 Å². The van der Waals surface area contributed by atoms with Crippen molar-refractivity contribution in [3.05, 3.63) is 0 Å². The van der Waals surface area contributed by atoms with Crippen LogP contribution in [-0.4, -0.2) is 90.8 Å². The number of hydrogen-bond acceptors (Lipinski definition) is 2. The molecule has 0 unspecified atom stereocenters. The highest BCUT2D eigenvalue weighted by Gasteiger charge is 2.40. The Bertz CT molecular complexity index is 372. The SMILES string of the molecule is CCCCCCCCOCC(CCCCCOCCCC)(C[N+](C)(C)C)C[N+](C)(C)C.[I-].[I-]. The van der Waals surface area contributed by atoms with Crippen LogP contribution in [0.1, 0.15) is 90.9 Å². The lowest BCUT2D eigenvalue weighted by Gasteiger charge is -2.42. The normalized spacial score (nSPS) is 12.4. The lowest BCUT2D eigenvalue weighted by molar-refractivity contribution is -0.903. The van der Waals surface area contributed by atoms with Gasteiger partial charge in [0.2, 0.25) is 0 Å². The van der Waals surface area contributed by atoms with E-state index in [9.17, 15) is 0 Å². The highest BCUT2D eigenvalue weighted by Crippen LogP contribution is 2.31. The summed E-state index contributed by atoms with van der Waals surface area (Å²) in [6.07, 6.45) is 15.4. The number of rotatable bonds is 22. The van der Waals surface area contributed by atoms with Gasteiger partial charge in [0.05, 0.1) is 67.4 Å². The van der Waals surface area contributed by atoms with E-state index in [2.05, 4.69) is 56.1 Å². The predicted molar refractivity (Wildman–Crippen MR) is 137 cm³/mol. The summed E-state index contributed by atoms with van der Waals surface area (Å²) in [6.45, 7) is 10.5. The number of unbranched alkanes of at least 4 members (excludes halogenated alkanes) is 8. The van der Waals surface area contributed by atoms with Crippen molar-refractivity contribution in [3.63, 3.8) is 0 Å². The van der Waals surface area contributed by atoms with Crippen LogP contribution in [0.2, 0.25) is 0 Å². The van der Waals surface area contributed by atoms with Gasteiger partial charge in [-0.2, -0.15) is 0 Å². The first-order chi connectivity index (χ1) is 14.5. The van der Waals surface area contributed by atoms with Crippen molar-refractivity contribution in [1.29, 1.82) is 0 Å². The van der Waals surface area contributed by atoms with Crippen molar-refractivity contribution < 1.29 is 66.4 Å². The standard InChI is InChI=1S/C27H60N2O2.2HI/c1-9-11-13-14-15-18-23-31-26-27(24-28(3,4)5,25-29(6,7)8)20-17-16-19-22-30-21-12-10-2;;/h9-26H2,1-8H3;2*1H/q+2;;/p-2. The quantitative estimate of drug-likeness (QED) is 0.0912. The van der Waals surface area contributed by atoms with Crippen LogP contribution in [0.4, 0.5) is 0 Å². The Labute approximate surface area is 243 Å². The fourth-order valence-corrected chi connectivity index (χ4v) is 4.89. The molecule has 0 aromatic rings. The molecule has 0 aromatic heterocycles. The Hall–Kier alpha value is 1.30. The van der Waals surface area contributed by atoms with E-state index in [1.54, 1.807) is 0 Å². The minimum Gasteiger partial charge on any atom is -1.00 e. The van der Waals surface area contributed by atoms with Crippen molar-refractivity contribution in [3.8, 4) is 0 Å². The summed E-state index contributed by atoms with van der Waals surface area (Å²) in [5.41, 5.74) is 0.238. The van der Waals surface area contributed by atoms with Gasteiger partial charge < -0.3 is 66.4 Å². The van der Waals surface area contributed by atoms with Crippen LogP contribution in [-0.2, 0) is 9.47 Å². The summed E-state index contributed by atoms with van der Waals surface area (Å²) in [5, 5.41) is 0. The molecule has 0 radical (unpaired) electrons. The first kappa shape index (κ1) is 38.8. The summed E-state index contributed by atoms with van der Waals surface area (Å²) < 4.78 is 14.1. The molecule has 0 heterocycles. The fraction of sp³-hybridized carbons (Fsp3) is 1.00. The molecule has 0 aliphatic carbocycles. The van der Waals surface area contributed by atoms with Gasteiger partial charge in [-0.15, -0.1) is 0 Å². The topological polar surface area (TPSA) is 18.5 Å². The molecule has 4 nitrogen and oxygen atoms in total. The first-order valence-corrected chi connectivity index (χ1v) is 13.3. The summed E-state index contributed by atoms with van der Waals surface area (Å²) in [5.74, 6) is 0. The molecule has 0 saturated heterocycles. The Morgan fingerprint density at radius 1 is 0.515 bits per heavy atom. The second-order valence-corrected chi connectivity index (χ2v) is 12.0. The second kappa shape index (κ2) is 22.5. The van der Waals surface area contributed by atoms with Gasteiger partial charge in [-0.1, -0.05) is 65.2 Å². The zero-order valence-corrected chi connectivity index (χ0v) is 28.0. The van der Waals surface area contributed by atoms with Crippen molar-refractivity contribution in [2.24, 2.45) is 5.41 Å². The molecule has 0 N–H and O–H groups in total. The van der Waals surface area contributed by atoms with Crippen LogP contribution in [0.3, 0.4) is 0 Å². The molecule has 0 amide bonds. The Kier molecular flexibility index (Phi) is 26.5. The molecule has 6 heteroatoms. The van der Waals surface area contributed by atoms with Crippen molar-refractivity contribution in [2.75, 3.05) is 81.8 Å². The van der Waals surface area contributed by atoms with Crippen LogP contribution in [0.25, 0.3) is 0 Å². The molecule has 0 aliphatic rings. The summed E-state index contributed by atoms with van der Waals surface area (Å²) in [4.78, 5) is 0. The van der Waals surface area contributed by atoms with Gasteiger partial charge in [-0.25, -0.2) is 0 Å². The molecule has 0 bridgehead atoms. The minimum absolute atomic E-state index is 0. The highest BCUT2D eigenvalue weighted by atomic mass is 127. The van der Waals surface area contributed by atoms with Crippen molar-refractivity contribution in [1.82, 2.24) is 0 Å². The molecule has 33 heavy (non-hydrogen) atoms. The summed E-state index contributed by atoms with van der Waals surface area (Å²) in [7, 11) is 14.0. The third-order valence-corrected chi connectivity index (χ3v) is 5.81. The molecule has 0 spiro atoms. The third kappa shape index (κ3) is 26.2. The third-order valence-electron chi connectivity index (χ3n) is 5.81. The second-order valence-electron chi connectivity index (χ2n) is 12.0. The largest absolute Gasteiger partial charge is 1.00 e. The molecular weight excluding hydrogens is 638 g/mol. The van der Waals surface area contributed by atoms with Gasteiger partial charge in [0.15, 0.2) is 0 Å². The van der Waals surface area contributed by atoms with Crippen LogP contribution in [0.15, 0.2) is 0 Å². The lowest BCUT2D eigenvalue weighted by Crippen LogP contribution is -3.00.